The van der Waals surface area contributed by atoms with Crippen LogP contribution in [0.15, 0.2) is 36.5 Å². The summed E-state index contributed by atoms with van der Waals surface area (Å²) in [5, 5.41) is 3.91. The normalized spacial score (nSPS) is 14.5. The zero-order chi connectivity index (χ0) is 16.8. The molecule has 2 aromatic rings. The molecule has 1 aromatic carbocycles. The molecule has 0 radical (unpaired) electrons. The summed E-state index contributed by atoms with van der Waals surface area (Å²) >= 11 is 5.98. The summed E-state index contributed by atoms with van der Waals surface area (Å²) in [7, 11) is 0. The van der Waals surface area contributed by atoms with Crippen molar-refractivity contribution in [1.82, 2.24) is 14.9 Å². The molecule has 24 heavy (non-hydrogen) atoms. The number of likely N-dealkylation sites (tertiary alicyclic amines) is 1. The third-order valence-corrected chi connectivity index (χ3v) is 4.34. The number of hydrogen-bond acceptors (Lipinski definition) is 4. The molecule has 0 unspecified atom stereocenters. The number of halogens is 1. The summed E-state index contributed by atoms with van der Waals surface area (Å²) in [6.45, 7) is 2.32. The number of anilines is 1. The second-order valence-corrected chi connectivity index (χ2v) is 6.36. The first-order valence-electron chi connectivity index (χ1n) is 8.33. The second kappa shape index (κ2) is 8.11. The molecule has 1 amide bonds. The van der Waals surface area contributed by atoms with Crippen molar-refractivity contribution in [1.29, 1.82) is 0 Å². The van der Waals surface area contributed by atoms with E-state index in [1.807, 2.05) is 29.2 Å². The molecule has 5 nitrogen and oxygen atoms in total. The van der Waals surface area contributed by atoms with E-state index in [0.717, 1.165) is 42.9 Å². The minimum Gasteiger partial charge on any atom is -0.354 e. The zero-order valence-corrected chi connectivity index (χ0v) is 14.3. The maximum absolute atomic E-state index is 12.5. The smallest absolute Gasteiger partial charge is 0.272 e. The molecular formula is C18H21ClN4O. The number of carbonyl (C=O) groups excluding carboxylic acids is 1. The molecule has 2 heterocycles. The van der Waals surface area contributed by atoms with Gasteiger partial charge in [0.1, 0.15) is 5.69 Å². The lowest BCUT2D eigenvalue weighted by molar-refractivity contribution is 0.0718. The Hall–Kier alpha value is -2.14. The molecule has 0 aliphatic carbocycles. The molecular weight excluding hydrogens is 324 g/mol. The topological polar surface area (TPSA) is 58.1 Å². The quantitative estimate of drug-likeness (QED) is 0.903. The third kappa shape index (κ3) is 4.45. The Morgan fingerprint density at radius 3 is 2.83 bits per heavy atom. The molecule has 6 heteroatoms. The number of aromatic nitrogens is 2. The minimum absolute atomic E-state index is 0.00464. The van der Waals surface area contributed by atoms with Crippen LogP contribution in [-0.2, 0) is 6.42 Å². The van der Waals surface area contributed by atoms with Gasteiger partial charge in [-0.3, -0.25) is 4.79 Å². The van der Waals surface area contributed by atoms with E-state index in [-0.39, 0.29) is 5.91 Å². The van der Waals surface area contributed by atoms with Gasteiger partial charge in [-0.1, -0.05) is 23.7 Å². The van der Waals surface area contributed by atoms with Gasteiger partial charge in [0, 0.05) is 30.9 Å². The van der Waals surface area contributed by atoms with Crippen LogP contribution < -0.4 is 5.32 Å². The molecule has 1 fully saturated rings. The molecule has 3 rings (SSSR count). The molecule has 126 valence electrons. The number of nitrogens with zero attached hydrogens (tertiary/aromatic N) is 3. The fourth-order valence-electron chi connectivity index (χ4n) is 2.83. The fourth-order valence-corrected chi connectivity index (χ4v) is 3.05. The van der Waals surface area contributed by atoms with Gasteiger partial charge in [0.25, 0.3) is 5.91 Å². The van der Waals surface area contributed by atoms with Gasteiger partial charge in [0.15, 0.2) is 0 Å². The fraction of sp³-hybridized carbons (Fsp3) is 0.389. The van der Waals surface area contributed by atoms with E-state index in [4.69, 9.17) is 11.6 Å². The highest BCUT2D eigenvalue weighted by Crippen LogP contribution is 2.13. The summed E-state index contributed by atoms with van der Waals surface area (Å²) in [5.41, 5.74) is 1.60. The van der Waals surface area contributed by atoms with Gasteiger partial charge in [-0.2, -0.15) is 0 Å². The van der Waals surface area contributed by atoms with Crippen LogP contribution in [0.1, 0.15) is 35.3 Å². The van der Waals surface area contributed by atoms with Crippen LogP contribution >= 0.6 is 11.6 Å². The van der Waals surface area contributed by atoms with Crippen molar-refractivity contribution in [3.05, 3.63) is 52.8 Å². The first kappa shape index (κ1) is 16.7. The van der Waals surface area contributed by atoms with E-state index in [9.17, 15) is 4.79 Å². The van der Waals surface area contributed by atoms with Gasteiger partial charge in [-0.05, 0) is 49.4 Å². The molecule has 0 saturated carbocycles. The summed E-state index contributed by atoms with van der Waals surface area (Å²) < 4.78 is 0. The summed E-state index contributed by atoms with van der Waals surface area (Å²) in [5.74, 6) is 0.481. The van der Waals surface area contributed by atoms with Gasteiger partial charge >= 0.3 is 0 Å². The van der Waals surface area contributed by atoms with Gasteiger partial charge < -0.3 is 10.2 Å². The Bertz CT molecular complexity index is 701. The molecule has 1 aromatic heterocycles. The summed E-state index contributed by atoms with van der Waals surface area (Å²) in [4.78, 5) is 22.9. The molecule has 0 bridgehead atoms. The Morgan fingerprint density at radius 1 is 1.21 bits per heavy atom. The van der Waals surface area contributed by atoms with E-state index in [0.29, 0.717) is 18.2 Å². The van der Waals surface area contributed by atoms with Crippen LogP contribution in [0.4, 0.5) is 5.95 Å². The predicted molar refractivity (Wildman–Crippen MR) is 95.4 cm³/mol. The number of carbonyl (C=O) groups is 1. The van der Waals surface area contributed by atoms with Crippen LogP contribution in [0, 0.1) is 0 Å². The van der Waals surface area contributed by atoms with E-state index < -0.39 is 0 Å². The van der Waals surface area contributed by atoms with Crippen molar-refractivity contribution >= 4 is 23.5 Å². The Morgan fingerprint density at radius 2 is 2.04 bits per heavy atom. The molecule has 1 aliphatic heterocycles. The van der Waals surface area contributed by atoms with Gasteiger partial charge in [0.2, 0.25) is 5.95 Å². The number of nitrogens with one attached hydrogen (secondary N) is 1. The van der Waals surface area contributed by atoms with Crippen LogP contribution in [0.2, 0.25) is 5.02 Å². The zero-order valence-electron chi connectivity index (χ0n) is 13.5. The number of benzene rings is 1. The Kier molecular flexibility index (Phi) is 5.64. The van der Waals surface area contributed by atoms with Crippen LogP contribution in [0.25, 0.3) is 0 Å². The SMILES string of the molecule is O=C(c1ccnc(NCCc2cccc(Cl)c2)n1)N1CCCCC1. The van der Waals surface area contributed by atoms with Crippen molar-refractivity contribution in [3.63, 3.8) is 0 Å². The minimum atomic E-state index is -0.00464. The first-order valence-corrected chi connectivity index (χ1v) is 8.71. The van der Waals surface area contributed by atoms with E-state index in [1.165, 1.54) is 6.42 Å². The molecule has 0 atom stereocenters. The lowest BCUT2D eigenvalue weighted by Gasteiger charge is -2.26. The van der Waals surface area contributed by atoms with Gasteiger partial charge in [-0.15, -0.1) is 0 Å². The molecule has 1 N–H and O–H groups in total. The molecule has 1 aliphatic rings. The standard InChI is InChI=1S/C18H21ClN4O/c19-15-6-4-5-14(13-15)7-9-20-18-21-10-8-16(22-18)17(24)23-11-2-1-3-12-23/h4-6,8,10,13H,1-3,7,9,11-12H2,(H,20,21,22). The van der Waals surface area contributed by atoms with Crippen LogP contribution in [0.5, 0.6) is 0 Å². The number of amides is 1. The summed E-state index contributed by atoms with van der Waals surface area (Å²) in [6, 6.07) is 9.45. The van der Waals surface area contributed by atoms with Crippen molar-refractivity contribution in [2.45, 2.75) is 25.7 Å². The van der Waals surface area contributed by atoms with Crippen LogP contribution in [-0.4, -0.2) is 40.4 Å². The van der Waals surface area contributed by atoms with E-state index >= 15 is 0 Å². The maximum atomic E-state index is 12.5. The lowest BCUT2D eigenvalue weighted by atomic mass is 10.1. The highest BCUT2D eigenvalue weighted by Gasteiger charge is 2.19. The predicted octanol–water partition coefficient (Wildman–Crippen LogP) is 3.41. The van der Waals surface area contributed by atoms with Crippen LogP contribution in [0.3, 0.4) is 0 Å². The van der Waals surface area contributed by atoms with Gasteiger partial charge in [-0.25, -0.2) is 9.97 Å². The van der Waals surface area contributed by atoms with Crippen molar-refractivity contribution in [2.24, 2.45) is 0 Å². The van der Waals surface area contributed by atoms with Gasteiger partial charge in [0.05, 0.1) is 0 Å². The Balaban J connectivity index is 1.57. The molecule has 0 spiro atoms. The highest BCUT2D eigenvalue weighted by molar-refractivity contribution is 6.30. The second-order valence-electron chi connectivity index (χ2n) is 5.93. The van der Waals surface area contributed by atoms with E-state index in [1.54, 1.807) is 12.3 Å². The number of rotatable bonds is 5. The highest BCUT2D eigenvalue weighted by atomic mass is 35.5. The van der Waals surface area contributed by atoms with Crippen molar-refractivity contribution in [3.8, 4) is 0 Å². The van der Waals surface area contributed by atoms with Crippen molar-refractivity contribution in [2.75, 3.05) is 25.0 Å². The first-order chi connectivity index (χ1) is 11.7. The third-order valence-electron chi connectivity index (χ3n) is 4.10. The average molecular weight is 345 g/mol. The molecule has 1 saturated heterocycles. The number of piperidine rings is 1. The monoisotopic (exact) mass is 344 g/mol. The average Bonchev–Trinajstić information content (AvgIpc) is 2.62. The van der Waals surface area contributed by atoms with Crippen molar-refractivity contribution < 1.29 is 4.79 Å². The summed E-state index contributed by atoms with van der Waals surface area (Å²) in [6.07, 6.45) is 5.78. The number of hydrogen-bond donors (Lipinski definition) is 1. The Labute approximate surface area is 147 Å². The van der Waals surface area contributed by atoms with E-state index in [2.05, 4.69) is 15.3 Å². The lowest BCUT2D eigenvalue weighted by Crippen LogP contribution is -2.36. The largest absolute Gasteiger partial charge is 0.354 e. The maximum Gasteiger partial charge on any atom is 0.272 e.